The highest BCUT2D eigenvalue weighted by Gasteiger charge is 2.13. The number of hydrogen-bond acceptors (Lipinski definition) is 3. The Bertz CT molecular complexity index is 742. The molecule has 0 atom stereocenters. The molecule has 2 aromatic rings. The number of carbonyl (C=O) groups excluding carboxylic acids is 1. The molecular formula is C21H25FN2O. The van der Waals surface area contributed by atoms with Crippen LogP contribution in [0.2, 0.25) is 0 Å². The Labute approximate surface area is 149 Å². The van der Waals surface area contributed by atoms with E-state index in [2.05, 4.69) is 29.0 Å². The molecule has 0 saturated carbocycles. The molecule has 0 unspecified atom stereocenters. The van der Waals surface area contributed by atoms with Crippen LogP contribution >= 0.6 is 0 Å². The van der Waals surface area contributed by atoms with Crippen molar-refractivity contribution in [2.24, 2.45) is 0 Å². The van der Waals surface area contributed by atoms with Crippen LogP contribution in [0.25, 0.3) is 11.1 Å². The van der Waals surface area contributed by atoms with E-state index in [9.17, 15) is 9.18 Å². The summed E-state index contributed by atoms with van der Waals surface area (Å²) < 4.78 is 14.3. The van der Waals surface area contributed by atoms with Crippen LogP contribution in [-0.4, -0.2) is 48.8 Å². The average molecular weight is 340 g/mol. The Morgan fingerprint density at radius 3 is 2.48 bits per heavy atom. The largest absolute Gasteiger partial charge is 0.305 e. The summed E-state index contributed by atoms with van der Waals surface area (Å²) in [5.74, 6) is -0.472. The van der Waals surface area contributed by atoms with Crippen molar-refractivity contribution in [2.45, 2.75) is 19.9 Å². The fourth-order valence-corrected chi connectivity index (χ4v) is 3.27. The zero-order valence-electron chi connectivity index (χ0n) is 15.0. The van der Waals surface area contributed by atoms with Gasteiger partial charge >= 0.3 is 0 Å². The molecule has 0 spiro atoms. The molecule has 0 bridgehead atoms. The van der Waals surface area contributed by atoms with Gasteiger partial charge in [-0.15, -0.1) is 0 Å². The lowest BCUT2D eigenvalue weighted by molar-refractivity contribution is 0.101. The van der Waals surface area contributed by atoms with Gasteiger partial charge in [-0.2, -0.15) is 0 Å². The second-order valence-electron chi connectivity index (χ2n) is 6.88. The maximum Gasteiger partial charge on any atom is 0.159 e. The number of ketones is 1. The van der Waals surface area contributed by atoms with E-state index < -0.39 is 0 Å². The first-order valence-electron chi connectivity index (χ1n) is 8.83. The molecule has 0 amide bonds. The van der Waals surface area contributed by atoms with E-state index in [1.807, 2.05) is 12.1 Å². The van der Waals surface area contributed by atoms with Gasteiger partial charge in [-0.25, -0.2) is 4.39 Å². The van der Waals surface area contributed by atoms with Gasteiger partial charge in [0.2, 0.25) is 0 Å². The fraction of sp³-hybridized carbons (Fsp3) is 0.381. The van der Waals surface area contributed by atoms with Gasteiger partial charge in [-0.3, -0.25) is 9.69 Å². The molecule has 0 aliphatic carbocycles. The Morgan fingerprint density at radius 1 is 1.04 bits per heavy atom. The number of nitrogens with zero attached hydrogens (tertiary/aromatic N) is 2. The van der Waals surface area contributed by atoms with Crippen LogP contribution in [0, 0.1) is 5.82 Å². The number of rotatable bonds is 4. The molecule has 4 heteroatoms. The van der Waals surface area contributed by atoms with Crippen LogP contribution in [0.5, 0.6) is 0 Å². The van der Waals surface area contributed by atoms with Crippen molar-refractivity contribution >= 4 is 5.78 Å². The van der Waals surface area contributed by atoms with Gasteiger partial charge in [0.25, 0.3) is 0 Å². The normalized spacial score (nSPS) is 16.6. The number of benzene rings is 2. The monoisotopic (exact) mass is 340 g/mol. The maximum atomic E-state index is 14.3. The van der Waals surface area contributed by atoms with Gasteiger partial charge in [0, 0.05) is 30.8 Å². The molecule has 1 saturated heterocycles. The highest BCUT2D eigenvalue weighted by atomic mass is 19.1. The quantitative estimate of drug-likeness (QED) is 0.790. The number of likely N-dealkylation sites (N-methyl/N-ethyl adjacent to an activating group) is 1. The third-order valence-electron chi connectivity index (χ3n) is 4.86. The fourth-order valence-electron chi connectivity index (χ4n) is 3.27. The van der Waals surface area contributed by atoms with Crippen LogP contribution in [0.4, 0.5) is 4.39 Å². The molecule has 0 N–H and O–H groups in total. The van der Waals surface area contributed by atoms with Gasteiger partial charge in [0.05, 0.1) is 0 Å². The van der Waals surface area contributed by atoms with Crippen molar-refractivity contribution in [1.82, 2.24) is 9.80 Å². The summed E-state index contributed by atoms with van der Waals surface area (Å²) in [5.41, 5.74) is 3.03. The third kappa shape index (κ3) is 4.53. The molecule has 0 radical (unpaired) electrons. The number of carbonyl (C=O) groups is 1. The summed E-state index contributed by atoms with van der Waals surface area (Å²) in [5, 5.41) is 0. The Kier molecular flexibility index (Phi) is 5.61. The Morgan fingerprint density at radius 2 is 1.80 bits per heavy atom. The summed E-state index contributed by atoms with van der Waals surface area (Å²) in [6.07, 6.45) is 1.20. The maximum absolute atomic E-state index is 14.3. The standard InChI is InChI=1S/C21H25FN2O/c1-16(25)19-8-9-20(21(22)14-19)18-6-4-17(5-7-18)15-24-11-3-10-23(2)12-13-24/h4-9,14H,3,10-13,15H2,1-2H3. The number of hydrogen-bond donors (Lipinski definition) is 0. The molecule has 25 heavy (non-hydrogen) atoms. The molecular weight excluding hydrogens is 315 g/mol. The van der Waals surface area contributed by atoms with Crippen LogP contribution in [0.3, 0.4) is 0 Å². The molecule has 132 valence electrons. The van der Waals surface area contributed by atoms with E-state index in [1.165, 1.54) is 25.0 Å². The highest BCUT2D eigenvalue weighted by molar-refractivity contribution is 5.94. The van der Waals surface area contributed by atoms with Gasteiger partial charge in [-0.1, -0.05) is 36.4 Å². The molecule has 1 fully saturated rings. The van der Waals surface area contributed by atoms with E-state index in [4.69, 9.17) is 0 Å². The molecule has 1 aliphatic rings. The smallest absolute Gasteiger partial charge is 0.159 e. The molecule has 3 rings (SSSR count). The Hall–Kier alpha value is -2.04. The van der Waals surface area contributed by atoms with Crippen molar-refractivity contribution in [3.8, 4) is 11.1 Å². The van der Waals surface area contributed by atoms with Crippen molar-refractivity contribution in [3.05, 3.63) is 59.4 Å². The lowest BCUT2D eigenvalue weighted by Crippen LogP contribution is -2.28. The second-order valence-corrected chi connectivity index (χ2v) is 6.88. The van der Waals surface area contributed by atoms with E-state index in [0.29, 0.717) is 11.1 Å². The van der Waals surface area contributed by atoms with Gasteiger partial charge < -0.3 is 4.90 Å². The number of Topliss-reactive ketones (excluding diaryl/α,β-unsaturated/α-hetero) is 1. The molecule has 3 nitrogen and oxygen atoms in total. The van der Waals surface area contributed by atoms with Gasteiger partial charge in [0.15, 0.2) is 5.78 Å². The first-order valence-corrected chi connectivity index (χ1v) is 8.83. The molecule has 2 aromatic carbocycles. The summed E-state index contributed by atoms with van der Waals surface area (Å²) in [6, 6.07) is 12.8. The van der Waals surface area contributed by atoms with Crippen molar-refractivity contribution in [1.29, 1.82) is 0 Å². The van der Waals surface area contributed by atoms with Crippen molar-refractivity contribution < 1.29 is 9.18 Å². The molecule has 1 heterocycles. The van der Waals surface area contributed by atoms with Gasteiger partial charge in [-0.05, 0) is 50.7 Å². The highest BCUT2D eigenvalue weighted by Crippen LogP contribution is 2.24. The zero-order valence-corrected chi connectivity index (χ0v) is 15.0. The SMILES string of the molecule is CC(=O)c1ccc(-c2ccc(CN3CCCN(C)CC3)cc2)c(F)c1. The minimum atomic E-state index is -0.351. The topological polar surface area (TPSA) is 23.6 Å². The van der Waals surface area contributed by atoms with E-state index >= 15 is 0 Å². The van der Waals surface area contributed by atoms with Crippen LogP contribution in [0.15, 0.2) is 42.5 Å². The first kappa shape index (κ1) is 17.8. The van der Waals surface area contributed by atoms with Crippen molar-refractivity contribution in [2.75, 3.05) is 33.2 Å². The first-order chi connectivity index (χ1) is 12.0. The molecule has 0 aromatic heterocycles. The third-order valence-corrected chi connectivity index (χ3v) is 4.86. The van der Waals surface area contributed by atoms with E-state index in [-0.39, 0.29) is 11.6 Å². The van der Waals surface area contributed by atoms with Crippen LogP contribution in [-0.2, 0) is 6.54 Å². The van der Waals surface area contributed by atoms with Crippen LogP contribution < -0.4 is 0 Å². The average Bonchev–Trinajstić information content (AvgIpc) is 2.80. The van der Waals surface area contributed by atoms with E-state index in [0.717, 1.165) is 38.3 Å². The minimum absolute atomic E-state index is 0.121. The summed E-state index contributed by atoms with van der Waals surface area (Å²) in [6.45, 7) is 6.84. The lowest BCUT2D eigenvalue weighted by atomic mass is 10.0. The second kappa shape index (κ2) is 7.89. The minimum Gasteiger partial charge on any atom is -0.305 e. The van der Waals surface area contributed by atoms with Crippen LogP contribution in [0.1, 0.15) is 29.3 Å². The predicted octanol–water partition coefficient (Wildman–Crippen LogP) is 3.83. The number of halogens is 1. The van der Waals surface area contributed by atoms with Crippen molar-refractivity contribution in [3.63, 3.8) is 0 Å². The summed E-state index contributed by atoms with van der Waals surface area (Å²) >= 11 is 0. The predicted molar refractivity (Wildman–Crippen MR) is 99.2 cm³/mol. The van der Waals surface area contributed by atoms with E-state index in [1.54, 1.807) is 12.1 Å². The zero-order chi connectivity index (χ0) is 17.8. The van der Waals surface area contributed by atoms with Gasteiger partial charge in [0.1, 0.15) is 5.82 Å². The summed E-state index contributed by atoms with van der Waals surface area (Å²) in [4.78, 5) is 16.2. The summed E-state index contributed by atoms with van der Waals surface area (Å²) in [7, 11) is 2.17. The Balaban J connectivity index is 1.71. The molecule has 1 aliphatic heterocycles. The lowest BCUT2D eigenvalue weighted by Gasteiger charge is -2.20.